The smallest absolute Gasteiger partial charge is 0.257 e. The van der Waals surface area contributed by atoms with E-state index < -0.39 is 5.82 Å². The average molecular weight is 427 g/mol. The van der Waals surface area contributed by atoms with Crippen LogP contribution in [-0.4, -0.2) is 35.8 Å². The summed E-state index contributed by atoms with van der Waals surface area (Å²) in [6.07, 6.45) is 0. The molecule has 0 aromatic heterocycles. The van der Waals surface area contributed by atoms with Gasteiger partial charge in [-0.1, -0.05) is 54.6 Å². The van der Waals surface area contributed by atoms with Crippen LogP contribution in [-0.2, 0) is 0 Å². The van der Waals surface area contributed by atoms with Crippen molar-refractivity contribution >= 4 is 22.5 Å². The van der Waals surface area contributed by atoms with E-state index in [0.717, 1.165) is 22.1 Å². The number of benzene rings is 4. The van der Waals surface area contributed by atoms with E-state index in [0.29, 0.717) is 10.9 Å². The van der Waals surface area contributed by atoms with Crippen molar-refractivity contribution in [2.75, 3.05) is 14.1 Å². The van der Waals surface area contributed by atoms with Gasteiger partial charge in [-0.15, -0.1) is 0 Å². The van der Waals surface area contributed by atoms with Crippen molar-refractivity contribution in [2.24, 2.45) is 0 Å². The van der Waals surface area contributed by atoms with Gasteiger partial charge in [0.25, 0.3) is 5.91 Å². The Hall–Kier alpha value is -3.99. The maximum absolute atomic E-state index is 14.2. The fourth-order valence-electron chi connectivity index (χ4n) is 3.83. The highest BCUT2D eigenvalue weighted by molar-refractivity contribution is 6.09. The zero-order valence-corrected chi connectivity index (χ0v) is 18.0. The van der Waals surface area contributed by atoms with Crippen LogP contribution in [0, 0.1) is 5.82 Å². The number of halogens is 1. The number of aromatic hydroxyl groups is 1. The van der Waals surface area contributed by atoms with Gasteiger partial charge in [0.1, 0.15) is 11.6 Å². The summed E-state index contributed by atoms with van der Waals surface area (Å²) in [4.78, 5) is 25.6. The summed E-state index contributed by atoms with van der Waals surface area (Å²) in [6, 6.07) is 21.2. The molecule has 0 saturated heterocycles. The normalized spacial score (nSPS) is 10.9. The Morgan fingerprint density at radius 2 is 1.38 bits per heavy atom. The van der Waals surface area contributed by atoms with Gasteiger partial charge in [0.2, 0.25) is 0 Å². The Labute approximate surface area is 185 Å². The first-order valence-corrected chi connectivity index (χ1v) is 10.2. The molecule has 0 fully saturated rings. The van der Waals surface area contributed by atoms with E-state index in [9.17, 15) is 19.1 Å². The molecule has 1 N–H and O–H groups in total. The van der Waals surface area contributed by atoms with Gasteiger partial charge < -0.3 is 10.0 Å². The number of phenols is 1. The Balaban J connectivity index is 1.82. The fourth-order valence-corrected chi connectivity index (χ4v) is 3.83. The summed E-state index contributed by atoms with van der Waals surface area (Å²) in [5.74, 6) is -1.19. The molecule has 0 bridgehead atoms. The van der Waals surface area contributed by atoms with Crippen molar-refractivity contribution in [2.45, 2.75) is 6.92 Å². The number of phenolic OH excluding ortho intramolecular Hbond substituents is 1. The molecular formula is C27H22FNO3. The minimum absolute atomic E-state index is 0.0410. The van der Waals surface area contributed by atoms with Crippen molar-refractivity contribution < 1.29 is 19.1 Å². The molecule has 4 aromatic carbocycles. The molecule has 0 aliphatic heterocycles. The third-order valence-corrected chi connectivity index (χ3v) is 5.53. The predicted molar refractivity (Wildman–Crippen MR) is 124 cm³/mol. The highest BCUT2D eigenvalue weighted by Crippen LogP contribution is 2.38. The lowest BCUT2D eigenvalue weighted by atomic mass is 9.93. The van der Waals surface area contributed by atoms with Crippen molar-refractivity contribution in [3.05, 3.63) is 89.7 Å². The monoisotopic (exact) mass is 427 g/mol. The fraction of sp³-hybridized carbons (Fsp3) is 0.111. The van der Waals surface area contributed by atoms with Crippen LogP contribution in [0.25, 0.3) is 33.0 Å². The molecule has 160 valence electrons. The molecule has 4 nitrogen and oxygen atoms in total. The zero-order valence-electron chi connectivity index (χ0n) is 18.0. The van der Waals surface area contributed by atoms with Crippen molar-refractivity contribution in [1.82, 2.24) is 4.90 Å². The second kappa shape index (κ2) is 8.27. The molecule has 0 atom stereocenters. The number of ketones is 1. The average Bonchev–Trinajstić information content (AvgIpc) is 2.79. The Morgan fingerprint density at radius 1 is 0.781 bits per heavy atom. The van der Waals surface area contributed by atoms with Gasteiger partial charge in [0.05, 0.1) is 11.1 Å². The minimum atomic E-state index is -0.546. The van der Waals surface area contributed by atoms with Crippen LogP contribution in [0.15, 0.2) is 72.8 Å². The molecule has 4 rings (SSSR count). The number of fused-ring (bicyclic) bond motifs is 1. The van der Waals surface area contributed by atoms with E-state index in [4.69, 9.17) is 0 Å². The number of amides is 1. The second-order valence-electron chi connectivity index (χ2n) is 7.89. The van der Waals surface area contributed by atoms with E-state index >= 15 is 0 Å². The summed E-state index contributed by atoms with van der Waals surface area (Å²) in [6.45, 7) is 1.34. The molecule has 0 saturated carbocycles. The van der Waals surface area contributed by atoms with Crippen molar-refractivity contribution in [1.29, 1.82) is 0 Å². The lowest BCUT2D eigenvalue weighted by Crippen LogP contribution is -2.21. The molecule has 0 heterocycles. The third-order valence-electron chi connectivity index (χ3n) is 5.53. The molecule has 5 heteroatoms. The minimum Gasteiger partial charge on any atom is -0.506 e. The van der Waals surface area contributed by atoms with Gasteiger partial charge in [0.15, 0.2) is 5.78 Å². The number of carbonyl (C=O) groups is 2. The highest BCUT2D eigenvalue weighted by Gasteiger charge is 2.19. The number of carbonyl (C=O) groups excluding carboxylic acids is 2. The van der Waals surface area contributed by atoms with Crippen LogP contribution >= 0.6 is 0 Å². The van der Waals surface area contributed by atoms with Crippen LogP contribution in [0.1, 0.15) is 27.6 Å². The van der Waals surface area contributed by atoms with Crippen LogP contribution in [0.4, 0.5) is 4.39 Å². The molecule has 4 aromatic rings. The van der Waals surface area contributed by atoms with Crippen molar-refractivity contribution in [3.8, 4) is 28.0 Å². The van der Waals surface area contributed by atoms with Crippen LogP contribution < -0.4 is 0 Å². The largest absolute Gasteiger partial charge is 0.506 e. The Bertz CT molecular complexity index is 1360. The molecule has 32 heavy (non-hydrogen) atoms. The van der Waals surface area contributed by atoms with Crippen LogP contribution in [0.3, 0.4) is 0 Å². The first kappa shape index (κ1) is 21.2. The van der Waals surface area contributed by atoms with Crippen LogP contribution in [0.5, 0.6) is 5.75 Å². The molecule has 1 amide bonds. The number of hydrogen-bond acceptors (Lipinski definition) is 3. The van der Waals surface area contributed by atoms with Gasteiger partial charge in [-0.3, -0.25) is 9.59 Å². The topological polar surface area (TPSA) is 57.6 Å². The van der Waals surface area contributed by atoms with Crippen molar-refractivity contribution in [3.63, 3.8) is 0 Å². The van der Waals surface area contributed by atoms with E-state index in [-0.39, 0.29) is 28.6 Å². The second-order valence-corrected chi connectivity index (χ2v) is 7.89. The molecular weight excluding hydrogens is 405 g/mol. The maximum atomic E-state index is 14.2. The molecule has 0 spiro atoms. The molecule has 0 aliphatic rings. The SMILES string of the molecule is CC(=O)c1ccc(-c2ccc(-c3cc(C(=O)N(C)C)c(O)c4ccccc34)cc2)cc1F. The summed E-state index contributed by atoms with van der Waals surface area (Å²) < 4.78 is 14.2. The lowest BCUT2D eigenvalue weighted by molar-refractivity contribution is 0.0824. The Kier molecular flexibility index (Phi) is 5.49. The number of rotatable bonds is 4. The van der Waals surface area contributed by atoms with E-state index in [1.807, 2.05) is 42.5 Å². The van der Waals surface area contributed by atoms with Crippen LogP contribution in [0.2, 0.25) is 0 Å². The van der Waals surface area contributed by atoms with E-state index in [2.05, 4.69) is 0 Å². The zero-order chi connectivity index (χ0) is 23.0. The number of nitrogens with zero attached hydrogens (tertiary/aromatic N) is 1. The molecule has 0 radical (unpaired) electrons. The molecule has 0 unspecified atom stereocenters. The highest BCUT2D eigenvalue weighted by atomic mass is 19.1. The number of Topliss-reactive ketones (excluding diaryl/α,β-unsaturated/α-hetero) is 1. The van der Waals surface area contributed by atoms with Gasteiger partial charge in [-0.05, 0) is 52.8 Å². The first-order chi connectivity index (χ1) is 15.3. The summed E-state index contributed by atoms with van der Waals surface area (Å²) in [7, 11) is 3.28. The maximum Gasteiger partial charge on any atom is 0.257 e. The number of hydrogen-bond donors (Lipinski definition) is 1. The summed E-state index contributed by atoms with van der Waals surface area (Å²) >= 11 is 0. The van der Waals surface area contributed by atoms with E-state index in [1.54, 1.807) is 32.3 Å². The predicted octanol–water partition coefficient (Wildman–Crippen LogP) is 5.92. The van der Waals surface area contributed by atoms with Gasteiger partial charge in [0, 0.05) is 19.5 Å². The summed E-state index contributed by atoms with van der Waals surface area (Å²) in [5.41, 5.74) is 3.44. The van der Waals surface area contributed by atoms with Gasteiger partial charge in [-0.2, -0.15) is 0 Å². The standard InChI is InChI=1S/C27H22FNO3/c1-16(30)20-13-12-19(14-25(20)28)17-8-10-18(11-9-17)23-15-24(27(32)29(2)3)26(31)22-7-5-4-6-21(22)23/h4-15,31H,1-3H3. The quantitative estimate of drug-likeness (QED) is 0.411. The Morgan fingerprint density at radius 3 is 1.97 bits per heavy atom. The summed E-state index contributed by atoms with van der Waals surface area (Å²) in [5, 5.41) is 12.1. The first-order valence-electron chi connectivity index (χ1n) is 10.2. The van der Waals surface area contributed by atoms with E-state index in [1.165, 1.54) is 24.0 Å². The van der Waals surface area contributed by atoms with Gasteiger partial charge in [-0.25, -0.2) is 4.39 Å². The molecule has 0 aliphatic carbocycles. The third kappa shape index (κ3) is 3.73. The van der Waals surface area contributed by atoms with Gasteiger partial charge >= 0.3 is 0 Å². The lowest BCUT2D eigenvalue weighted by Gasteiger charge is -2.16.